The van der Waals surface area contributed by atoms with Gasteiger partial charge in [0.2, 0.25) is 0 Å². The largest absolute Gasteiger partial charge is 0.460 e. The maximum atomic E-state index is 12.3. The number of ether oxygens (including phenoxy) is 3. The third-order valence-corrected chi connectivity index (χ3v) is 5.24. The molecule has 0 aliphatic heterocycles. The molecular weight excluding hydrogens is 428 g/mol. The Bertz CT molecular complexity index is 923. The number of aliphatic hydroxyl groups excluding tert-OH is 1. The van der Waals surface area contributed by atoms with Crippen molar-refractivity contribution in [2.24, 2.45) is 0 Å². The monoisotopic (exact) mass is 456 g/mol. The summed E-state index contributed by atoms with van der Waals surface area (Å²) in [6.45, 7) is 1.41. The Kier molecular flexibility index (Phi) is 8.65. The maximum absolute atomic E-state index is 12.3. The van der Waals surface area contributed by atoms with Gasteiger partial charge in [-0.3, -0.25) is 4.79 Å². The number of hydrogen-bond acceptors (Lipinski definition) is 7. The van der Waals surface area contributed by atoms with Gasteiger partial charge in [0.05, 0.1) is 18.2 Å². The minimum absolute atomic E-state index is 0.0346. The Labute approximate surface area is 192 Å². The third kappa shape index (κ3) is 7.80. The second kappa shape index (κ2) is 11.9. The minimum atomic E-state index is -0.989. The molecule has 2 aromatic rings. The van der Waals surface area contributed by atoms with Crippen molar-refractivity contribution in [1.82, 2.24) is 10.6 Å². The Morgan fingerprint density at radius 1 is 0.818 bits per heavy atom. The number of nitrogens with one attached hydrogen (secondary N) is 2. The highest BCUT2D eigenvalue weighted by atomic mass is 16.6. The first-order valence-electron chi connectivity index (χ1n) is 10.7. The maximum Gasteiger partial charge on any atom is 0.407 e. The summed E-state index contributed by atoms with van der Waals surface area (Å²) in [6.07, 6.45) is -2.98. The zero-order valence-corrected chi connectivity index (χ0v) is 18.3. The molecule has 0 aromatic heterocycles. The molecule has 9 heteroatoms. The lowest BCUT2D eigenvalue weighted by Crippen LogP contribution is -2.58. The molecule has 0 spiro atoms. The van der Waals surface area contributed by atoms with Gasteiger partial charge in [-0.15, -0.1) is 0 Å². The minimum Gasteiger partial charge on any atom is -0.460 e. The zero-order chi connectivity index (χ0) is 23.6. The van der Waals surface area contributed by atoms with Gasteiger partial charge in [-0.2, -0.15) is 0 Å². The van der Waals surface area contributed by atoms with Crippen LogP contribution in [0.15, 0.2) is 60.7 Å². The molecule has 0 bridgehead atoms. The van der Waals surface area contributed by atoms with Crippen LogP contribution >= 0.6 is 0 Å². The van der Waals surface area contributed by atoms with E-state index in [-0.39, 0.29) is 26.1 Å². The Morgan fingerprint density at radius 3 is 1.79 bits per heavy atom. The van der Waals surface area contributed by atoms with Crippen LogP contribution < -0.4 is 10.6 Å². The lowest BCUT2D eigenvalue weighted by Gasteiger charge is -2.38. The van der Waals surface area contributed by atoms with Gasteiger partial charge >= 0.3 is 18.2 Å². The predicted molar refractivity (Wildman–Crippen MR) is 118 cm³/mol. The number of carbonyl (C=O) groups excluding carboxylic acids is 3. The number of esters is 1. The van der Waals surface area contributed by atoms with E-state index in [1.54, 1.807) is 0 Å². The van der Waals surface area contributed by atoms with Crippen molar-refractivity contribution >= 4 is 18.2 Å². The Hall–Kier alpha value is -3.59. The number of alkyl carbamates (subject to hydrolysis) is 2. The van der Waals surface area contributed by atoms with Gasteiger partial charge in [-0.1, -0.05) is 60.7 Å². The second-order valence-corrected chi connectivity index (χ2v) is 7.81. The van der Waals surface area contributed by atoms with Gasteiger partial charge in [-0.25, -0.2) is 9.59 Å². The standard InChI is InChI=1S/C24H28N2O7/c1-16(27)33-22-13-21(28)19(25-23(29)31-14-17-8-4-2-5-9-17)12-20(22)26-24(30)32-15-18-10-6-3-7-11-18/h2-11,19-22,28H,12-15H2,1H3,(H,25,29)(H,26,30)/t19-,20+,21-,22+/m0/s1. The zero-order valence-electron chi connectivity index (χ0n) is 18.3. The van der Waals surface area contributed by atoms with Crippen LogP contribution in [-0.4, -0.2) is 47.6 Å². The summed E-state index contributed by atoms with van der Waals surface area (Å²) in [6, 6.07) is 17.0. The van der Waals surface area contributed by atoms with Crippen LogP contribution in [0.1, 0.15) is 30.9 Å². The van der Waals surface area contributed by atoms with E-state index in [0.29, 0.717) is 0 Å². The van der Waals surface area contributed by atoms with E-state index in [1.165, 1.54) is 6.92 Å². The first-order chi connectivity index (χ1) is 15.9. The predicted octanol–water partition coefficient (Wildman–Crippen LogP) is 2.66. The first-order valence-corrected chi connectivity index (χ1v) is 10.7. The number of aliphatic hydroxyl groups is 1. The van der Waals surface area contributed by atoms with E-state index in [1.807, 2.05) is 60.7 Å². The van der Waals surface area contributed by atoms with E-state index in [0.717, 1.165) is 11.1 Å². The topological polar surface area (TPSA) is 123 Å². The SMILES string of the molecule is CC(=O)O[C@@H]1C[C@H](O)[C@@H](NC(=O)OCc2ccccc2)C[C@H]1NC(=O)OCc1ccccc1. The normalized spacial score (nSPS) is 22.0. The molecular formula is C24H28N2O7. The van der Waals surface area contributed by atoms with E-state index in [2.05, 4.69) is 10.6 Å². The molecule has 0 radical (unpaired) electrons. The van der Waals surface area contributed by atoms with Crippen molar-refractivity contribution in [2.75, 3.05) is 0 Å². The van der Waals surface area contributed by atoms with Gasteiger partial charge in [0.15, 0.2) is 0 Å². The summed E-state index contributed by atoms with van der Waals surface area (Å²) in [5.41, 5.74) is 1.65. The average molecular weight is 456 g/mol. The van der Waals surface area contributed by atoms with Crippen molar-refractivity contribution in [3.05, 3.63) is 71.8 Å². The number of amides is 2. The quantitative estimate of drug-likeness (QED) is 0.432. The summed E-state index contributed by atoms with van der Waals surface area (Å²) in [7, 11) is 0. The molecule has 176 valence electrons. The number of benzene rings is 2. The highest BCUT2D eigenvalue weighted by Crippen LogP contribution is 2.23. The molecule has 1 saturated carbocycles. The lowest BCUT2D eigenvalue weighted by molar-refractivity contribution is -0.152. The van der Waals surface area contributed by atoms with Crippen LogP contribution in [0.25, 0.3) is 0 Å². The molecule has 1 fully saturated rings. The molecule has 33 heavy (non-hydrogen) atoms. The van der Waals surface area contributed by atoms with E-state index >= 15 is 0 Å². The molecule has 4 atom stereocenters. The molecule has 2 amide bonds. The third-order valence-electron chi connectivity index (χ3n) is 5.24. The van der Waals surface area contributed by atoms with Crippen molar-refractivity contribution in [1.29, 1.82) is 0 Å². The van der Waals surface area contributed by atoms with Crippen LogP contribution in [0.4, 0.5) is 9.59 Å². The summed E-state index contributed by atoms with van der Waals surface area (Å²) in [5, 5.41) is 15.8. The van der Waals surface area contributed by atoms with E-state index in [4.69, 9.17) is 14.2 Å². The summed E-state index contributed by atoms with van der Waals surface area (Å²) in [4.78, 5) is 36.1. The van der Waals surface area contributed by atoms with Crippen LogP contribution in [-0.2, 0) is 32.2 Å². The van der Waals surface area contributed by atoms with Crippen LogP contribution in [0.2, 0.25) is 0 Å². The molecule has 0 unspecified atom stereocenters. The molecule has 3 rings (SSSR count). The first kappa shape index (κ1) is 24.1. The Balaban J connectivity index is 1.55. The molecule has 3 N–H and O–H groups in total. The van der Waals surface area contributed by atoms with Crippen LogP contribution in [0.3, 0.4) is 0 Å². The number of hydrogen-bond donors (Lipinski definition) is 3. The molecule has 1 aliphatic rings. The van der Waals surface area contributed by atoms with E-state index in [9.17, 15) is 19.5 Å². The molecule has 0 heterocycles. The molecule has 1 aliphatic carbocycles. The van der Waals surface area contributed by atoms with Gasteiger partial charge in [0, 0.05) is 13.3 Å². The van der Waals surface area contributed by atoms with Crippen molar-refractivity contribution in [3.8, 4) is 0 Å². The summed E-state index contributed by atoms with van der Waals surface area (Å²) < 4.78 is 15.7. The van der Waals surface area contributed by atoms with Gasteiger partial charge in [0.1, 0.15) is 19.3 Å². The molecule has 2 aromatic carbocycles. The van der Waals surface area contributed by atoms with Crippen LogP contribution in [0.5, 0.6) is 0 Å². The van der Waals surface area contributed by atoms with E-state index < -0.39 is 42.4 Å². The van der Waals surface area contributed by atoms with Crippen molar-refractivity contribution in [3.63, 3.8) is 0 Å². The van der Waals surface area contributed by atoms with Crippen molar-refractivity contribution in [2.45, 2.75) is 57.3 Å². The summed E-state index contributed by atoms with van der Waals surface area (Å²) >= 11 is 0. The van der Waals surface area contributed by atoms with Gasteiger partial charge < -0.3 is 30.0 Å². The molecule has 9 nitrogen and oxygen atoms in total. The second-order valence-electron chi connectivity index (χ2n) is 7.81. The Morgan fingerprint density at radius 2 is 1.30 bits per heavy atom. The number of carbonyl (C=O) groups is 3. The van der Waals surface area contributed by atoms with Gasteiger partial charge in [-0.05, 0) is 17.5 Å². The number of rotatable bonds is 7. The smallest absolute Gasteiger partial charge is 0.407 e. The van der Waals surface area contributed by atoms with Gasteiger partial charge in [0.25, 0.3) is 0 Å². The fourth-order valence-electron chi connectivity index (χ4n) is 3.63. The highest BCUT2D eigenvalue weighted by Gasteiger charge is 2.40. The fraction of sp³-hybridized carbons (Fsp3) is 0.375. The lowest BCUT2D eigenvalue weighted by atomic mass is 9.86. The average Bonchev–Trinajstić information content (AvgIpc) is 2.80. The summed E-state index contributed by atoms with van der Waals surface area (Å²) in [5.74, 6) is -0.537. The highest BCUT2D eigenvalue weighted by molar-refractivity contribution is 5.69. The van der Waals surface area contributed by atoms with Crippen molar-refractivity contribution < 1.29 is 33.7 Å². The molecule has 0 saturated heterocycles. The van der Waals surface area contributed by atoms with Crippen LogP contribution in [0, 0.1) is 0 Å². The fourth-order valence-corrected chi connectivity index (χ4v) is 3.63.